The van der Waals surface area contributed by atoms with Crippen molar-refractivity contribution in [3.8, 4) is 0 Å². The van der Waals surface area contributed by atoms with Crippen LogP contribution in [0.15, 0.2) is 101 Å². The summed E-state index contributed by atoms with van der Waals surface area (Å²) in [5.41, 5.74) is 0.991. The topological polar surface area (TPSA) is 51.2 Å². The Labute approximate surface area is 147 Å². The molecule has 0 saturated heterocycles. The molecule has 3 rings (SSSR count). The summed E-state index contributed by atoms with van der Waals surface area (Å²) in [6.45, 7) is 0. The molecule has 3 aromatic rings. The van der Waals surface area contributed by atoms with Crippen LogP contribution in [0.25, 0.3) is 6.08 Å². The molecule has 0 radical (unpaired) electrons. The number of allylic oxidation sites excluding steroid dienone is 1. The van der Waals surface area contributed by atoms with E-state index in [9.17, 15) is 13.2 Å². The number of carbonyl (C=O) groups excluding carboxylic acids is 1. The average Bonchev–Trinajstić information content (AvgIpc) is 2.67. The molecule has 0 spiro atoms. The zero-order chi connectivity index (χ0) is 17.7. The summed E-state index contributed by atoms with van der Waals surface area (Å²) < 4.78 is 26.1. The van der Waals surface area contributed by atoms with Crippen LogP contribution in [0.4, 0.5) is 0 Å². The van der Waals surface area contributed by atoms with Gasteiger partial charge in [-0.2, -0.15) is 0 Å². The van der Waals surface area contributed by atoms with E-state index in [2.05, 4.69) is 0 Å². The van der Waals surface area contributed by atoms with Gasteiger partial charge in [0.15, 0.2) is 0 Å². The first-order valence-electron chi connectivity index (χ1n) is 7.76. The molecule has 25 heavy (non-hydrogen) atoms. The number of sulfone groups is 1. The zero-order valence-electron chi connectivity index (χ0n) is 13.4. The van der Waals surface area contributed by atoms with Gasteiger partial charge in [-0.25, -0.2) is 8.42 Å². The molecule has 0 aromatic heterocycles. The van der Waals surface area contributed by atoms with E-state index in [1.165, 1.54) is 18.2 Å². The molecular weight excluding hydrogens is 332 g/mol. The standard InChI is InChI=1S/C21H16O3S/c22-21(18-12-6-2-7-13-18)20(16-17-10-4-1-5-11-17)25(23,24)19-14-8-3-9-15-19/h1-16H/b20-16-. The predicted molar refractivity (Wildman–Crippen MR) is 98.8 cm³/mol. The zero-order valence-corrected chi connectivity index (χ0v) is 14.2. The number of benzene rings is 3. The van der Waals surface area contributed by atoms with Crippen molar-refractivity contribution in [2.24, 2.45) is 0 Å². The van der Waals surface area contributed by atoms with Gasteiger partial charge >= 0.3 is 0 Å². The van der Waals surface area contributed by atoms with E-state index < -0.39 is 15.6 Å². The molecule has 0 unspecified atom stereocenters. The highest BCUT2D eigenvalue weighted by atomic mass is 32.2. The summed E-state index contributed by atoms with van der Waals surface area (Å²) in [5.74, 6) is -0.520. The van der Waals surface area contributed by atoms with Crippen molar-refractivity contribution >= 4 is 21.7 Å². The van der Waals surface area contributed by atoms with Crippen molar-refractivity contribution in [2.45, 2.75) is 4.90 Å². The molecule has 0 aliphatic heterocycles. The molecule has 0 saturated carbocycles. The van der Waals surface area contributed by atoms with E-state index in [1.807, 2.05) is 6.07 Å². The summed E-state index contributed by atoms with van der Waals surface area (Å²) in [7, 11) is -3.94. The summed E-state index contributed by atoms with van der Waals surface area (Å²) in [5, 5.41) is 0. The summed E-state index contributed by atoms with van der Waals surface area (Å²) in [4.78, 5) is 12.8. The van der Waals surface area contributed by atoms with E-state index in [0.29, 0.717) is 11.1 Å². The fraction of sp³-hybridized carbons (Fsp3) is 0. The van der Waals surface area contributed by atoms with Gasteiger partial charge in [0.05, 0.1) is 4.90 Å². The summed E-state index contributed by atoms with van der Waals surface area (Å²) >= 11 is 0. The third kappa shape index (κ3) is 3.75. The Morgan fingerprint density at radius 1 is 0.680 bits per heavy atom. The first-order valence-corrected chi connectivity index (χ1v) is 9.24. The molecule has 0 amide bonds. The van der Waals surface area contributed by atoms with E-state index in [1.54, 1.807) is 72.8 Å². The molecule has 0 heterocycles. The molecule has 0 atom stereocenters. The van der Waals surface area contributed by atoms with Gasteiger partial charge < -0.3 is 0 Å². The molecule has 0 bridgehead atoms. The molecule has 0 aliphatic carbocycles. The Kier molecular flexibility index (Phi) is 4.91. The van der Waals surface area contributed by atoms with Crippen LogP contribution < -0.4 is 0 Å². The van der Waals surface area contributed by atoms with Crippen LogP contribution in [0.2, 0.25) is 0 Å². The lowest BCUT2D eigenvalue weighted by Gasteiger charge is -2.09. The van der Waals surface area contributed by atoms with Crippen molar-refractivity contribution in [3.63, 3.8) is 0 Å². The smallest absolute Gasteiger partial charge is 0.210 e. The molecule has 0 N–H and O–H groups in total. The highest BCUT2D eigenvalue weighted by molar-refractivity contribution is 7.96. The molecule has 124 valence electrons. The minimum atomic E-state index is -3.94. The Balaban J connectivity index is 2.17. The third-order valence-corrected chi connectivity index (χ3v) is 5.48. The Morgan fingerprint density at radius 2 is 1.16 bits per heavy atom. The maximum atomic E-state index is 13.1. The molecule has 3 aromatic carbocycles. The number of hydrogen-bond donors (Lipinski definition) is 0. The number of rotatable bonds is 5. The number of ketones is 1. The highest BCUT2D eigenvalue weighted by Gasteiger charge is 2.27. The van der Waals surface area contributed by atoms with Crippen molar-refractivity contribution < 1.29 is 13.2 Å². The molecular formula is C21H16O3S. The van der Waals surface area contributed by atoms with Crippen molar-refractivity contribution in [3.05, 3.63) is 107 Å². The first kappa shape index (κ1) is 16.9. The molecule has 0 aliphatic rings. The first-order chi connectivity index (χ1) is 12.1. The van der Waals surface area contributed by atoms with Crippen molar-refractivity contribution in [1.29, 1.82) is 0 Å². The largest absolute Gasteiger partial charge is 0.288 e. The van der Waals surface area contributed by atoms with E-state index in [4.69, 9.17) is 0 Å². The van der Waals surface area contributed by atoms with Gasteiger partial charge in [0.1, 0.15) is 4.91 Å². The lowest BCUT2D eigenvalue weighted by molar-refractivity contribution is 0.104. The normalized spacial score (nSPS) is 11.9. The van der Waals surface area contributed by atoms with Gasteiger partial charge in [-0.3, -0.25) is 4.79 Å². The fourth-order valence-corrected chi connectivity index (χ4v) is 3.85. The van der Waals surface area contributed by atoms with E-state index >= 15 is 0 Å². The van der Waals surface area contributed by atoms with Gasteiger partial charge in [-0.15, -0.1) is 0 Å². The van der Waals surface area contributed by atoms with Gasteiger partial charge in [-0.05, 0) is 23.8 Å². The van der Waals surface area contributed by atoms with E-state index in [0.717, 1.165) is 0 Å². The lowest BCUT2D eigenvalue weighted by Crippen LogP contribution is -2.14. The molecule has 3 nitrogen and oxygen atoms in total. The SMILES string of the molecule is O=C(/C(=C/c1ccccc1)S(=O)(=O)c1ccccc1)c1ccccc1. The maximum Gasteiger partial charge on any atom is 0.210 e. The highest BCUT2D eigenvalue weighted by Crippen LogP contribution is 2.25. The second-order valence-corrected chi connectivity index (χ2v) is 7.35. The lowest BCUT2D eigenvalue weighted by atomic mass is 10.1. The summed E-state index contributed by atoms with van der Waals surface area (Å²) in [6.07, 6.45) is 1.43. The number of hydrogen-bond acceptors (Lipinski definition) is 3. The van der Waals surface area contributed by atoms with Crippen LogP contribution in [0.3, 0.4) is 0 Å². The molecule has 4 heteroatoms. The van der Waals surface area contributed by atoms with Crippen LogP contribution in [0.5, 0.6) is 0 Å². The van der Waals surface area contributed by atoms with Crippen molar-refractivity contribution in [2.75, 3.05) is 0 Å². The van der Waals surface area contributed by atoms with Crippen LogP contribution in [0.1, 0.15) is 15.9 Å². The minimum Gasteiger partial charge on any atom is -0.288 e. The summed E-state index contributed by atoms with van der Waals surface area (Å²) in [6, 6.07) is 25.4. The van der Waals surface area contributed by atoms with Gasteiger partial charge in [-0.1, -0.05) is 78.9 Å². The van der Waals surface area contributed by atoms with Crippen LogP contribution >= 0.6 is 0 Å². The third-order valence-electron chi connectivity index (χ3n) is 3.70. The quantitative estimate of drug-likeness (QED) is 0.508. The Hall–Kier alpha value is -2.98. The van der Waals surface area contributed by atoms with Crippen LogP contribution in [-0.4, -0.2) is 14.2 Å². The fourth-order valence-electron chi connectivity index (χ4n) is 2.42. The van der Waals surface area contributed by atoms with Gasteiger partial charge in [0.25, 0.3) is 0 Å². The second-order valence-electron chi connectivity index (χ2n) is 5.43. The number of carbonyl (C=O) groups is 1. The van der Waals surface area contributed by atoms with Gasteiger partial charge in [0.2, 0.25) is 15.6 Å². The Bertz CT molecular complexity index is 991. The minimum absolute atomic E-state index is 0.0986. The molecule has 0 fully saturated rings. The maximum absolute atomic E-state index is 13.1. The monoisotopic (exact) mass is 348 g/mol. The second kappa shape index (κ2) is 7.28. The van der Waals surface area contributed by atoms with E-state index in [-0.39, 0.29) is 9.80 Å². The van der Waals surface area contributed by atoms with Crippen LogP contribution in [0, 0.1) is 0 Å². The van der Waals surface area contributed by atoms with Crippen LogP contribution in [-0.2, 0) is 9.84 Å². The average molecular weight is 348 g/mol. The van der Waals surface area contributed by atoms with Crippen molar-refractivity contribution in [1.82, 2.24) is 0 Å². The Morgan fingerprint density at radius 3 is 1.72 bits per heavy atom. The number of Topliss-reactive ketones (excluding diaryl/α,β-unsaturated/α-hetero) is 1. The van der Waals surface area contributed by atoms with Gasteiger partial charge in [0, 0.05) is 5.56 Å². The predicted octanol–water partition coefficient (Wildman–Crippen LogP) is 4.38.